The molecule has 18 heavy (non-hydrogen) atoms. The second-order valence-corrected chi connectivity index (χ2v) is 4.76. The third-order valence-corrected chi connectivity index (χ3v) is 2.94. The van der Waals surface area contributed by atoms with Gasteiger partial charge in [-0.15, -0.1) is 0 Å². The van der Waals surface area contributed by atoms with Crippen LogP contribution in [0.4, 0.5) is 4.39 Å². The Bertz CT molecular complexity index is 556. The van der Waals surface area contributed by atoms with Gasteiger partial charge in [0.15, 0.2) is 0 Å². The molecule has 2 N–H and O–H groups in total. The lowest BCUT2D eigenvalue weighted by molar-refractivity contribution is 0.325. The smallest absolute Gasteiger partial charge is 0.244 e. The van der Waals surface area contributed by atoms with Gasteiger partial charge in [0, 0.05) is 5.56 Å². The summed E-state index contributed by atoms with van der Waals surface area (Å²) in [5.74, 6) is 0.320. The van der Waals surface area contributed by atoms with E-state index in [1.54, 1.807) is 0 Å². The highest BCUT2D eigenvalue weighted by atomic mass is 35.5. The first kappa shape index (κ1) is 13.0. The van der Waals surface area contributed by atoms with Gasteiger partial charge in [0.05, 0.1) is 11.1 Å². The molecule has 0 spiro atoms. The van der Waals surface area contributed by atoms with Crippen LogP contribution in [0.25, 0.3) is 11.4 Å². The average Bonchev–Trinajstić information content (AvgIpc) is 2.80. The van der Waals surface area contributed by atoms with E-state index >= 15 is 0 Å². The molecule has 0 fully saturated rings. The van der Waals surface area contributed by atoms with E-state index in [2.05, 4.69) is 10.1 Å². The lowest BCUT2D eigenvalue weighted by atomic mass is 10.1. The molecular formula is C12H13ClFN3O. The number of hydrogen-bond donors (Lipinski definition) is 1. The van der Waals surface area contributed by atoms with Crippen LogP contribution in [0.2, 0.25) is 5.02 Å². The van der Waals surface area contributed by atoms with Gasteiger partial charge < -0.3 is 10.3 Å². The quantitative estimate of drug-likeness (QED) is 0.929. The third kappa shape index (κ3) is 2.52. The minimum atomic E-state index is -0.408. The molecule has 0 bridgehead atoms. The maximum atomic E-state index is 13.2. The Morgan fingerprint density at radius 1 is 1.39 bits per heavy atom. The van der Waals surface area contributed by atoms with E-state index in [4.69, 9.17) is 21.9 Å². The van der Waals surface area contributed by atoms with Crippen molar-refractivity contribution in [2.24, 2.45) is 11.7 Å². The van der Waals surface area contributed by atoms with Gasteiger partial charge in [-0.1, -0.05) is 30.6 Å². The van der Waals surface area contributed by atoms with Crippen molar-refractivity contribution in [3.63, 3.8) is 0 Å². The SMILES string of the molecule is CC(C)[C@H](N)c1nc(-c2cc(F)ccc2Cl)no1. The van der Waals surface area contributed by atoms with Gasteiger partial charge in [0.1, 0.15) is 5.82 Å². The fourth-order valence-corrected chi connectivity index (χ4v) is 1.64. The summed E-state index contributed by atoms with van der Waals surface area (Å²) in [5.41, 5.74) is 6.29. The zero-order valence-electron chi connectivity index (χ0n) is 10.0. The van der Waals surface area contributed by atoms with Gasteiger partial charge in [-0.3, -0.25) is 0 Å². The third-order valence-electron chi connectivity index (χ3n) is 2.61. The van der Waals surface area contributed by atoms with E-state index in [9.17, 15) is 4.39 Å². The van der Waals surface area contributed by atoms with E-state index in [1.165, 1.54) is 18.2 Å². The van der Waals surface area contributed by atoms with Crippen LogP contribution in [0.1, 0.15) is 25.8 Å². The van der Waals surface area contributed by atoms with Crippen molar-refractivity contribution in [3.05, 3.63) is 34.9 Å². The van der Waals surface area contributed by atoms with Crippen LogP contribution in [0, 0.1) is 11.7 Å². The zero-order chi connectivity index (χ0) is 13.3. The fraction of sp³-hybridized carbons (Fsp3) is 0.333. The summed E-state index contributed by atoms with van der Waals surface area (Å²) in [6.45, 7) is 3.90. The molecule has 1 atom stereocenters. The van der Waals surface area contributed by atoms with Crippen LogP contribution < -0.4 is 5.73 Å². The number of benzene rings is 1. The van der Waals surface area contributed by atoms with Gasteiger partial charge >= 0.3 is 0 Å². The van der Waals surface area contributed by atoms with Crippen LogP contribution in [-0.2, 0) is 0 Å². The van der Waals surface area contributed by atoms with Gasteiger partial charge in [-0.25, -0.2) is 4.39 Å². The predicted molar refractivity (Wildman–Crippen MR) is 66.5 cm³/mol. The van der Waals surface area contributed by atoms with Crippen molar-refractivity contribution in [2.45, 2.75) is 19.9 Å². The lowest BCUT2D eigenvalue weighted by Gasteiger charge is -2.09. The number of nitrogens with zero attached hydrogens (tertiary/aromatic N) is 2. The summed E-state index contributed by atoms with van der Waals surface area (Å²) in [4.78, 5) is 4.15. The van der Waals surface area contributed by atoms with Gasteiger partial charge in [-0.2, -0.15) is 4.98 Å². The molecule has 0 unspecified atom stereocenters. The number of nitrogens with two attached hydrogens (primary N) is 1. The molecule has 0 saturated heterocycles. The van der Waals surface area contributed by atoms with E-state index in [0.29, 0.717) is 16.5 Å². The Balaban J connectivity index is 2.38. The van der Waals surface area contributed by atoms with E-state index in [0.717, 1.165) is 0 Å². The normalized spacial score (nSPS) is 13.0. The molecule has 1 aromatic heterocycles. The second-order valence-electron chi connectivity index (χ2n) is 4.35. The van der Waals surface area contributed by atoms with Crippen LogP contribution in [0.15, 0.2) is 22.7 Å². The minimum Gasteiger partial charge on any atom is -0.337 e. The Hall–Kier alpha value is -1.46. The highest BCUT2D eigenvalue weighted by Gasteiger charge is 2.19. The minimum absolute atomic E-state index is 0.168. The molecule has 0 amide bonds. The van der Waals surface area contributed by atoms with Gasteiger partial charge in [0.2, 0.25) is 11.7 Å². The fourth-order valence-electron chi connectivity index (χ4n) is 1.43. The summed E-state index contributed by atoms with van der Waals surface area (Å²) in [6, 6.07) is 3.63. The Morgan fingerprint density at radius 2 is 2.11 bits per heavy atom. The largest absolute Gasteiger partial charge is 0.337 e. The highest BCUT2D eigenvalue weighted by Crippen LogP contribution is 2.27. The predicted octanol–water partition coefficient (Wildman–Crippen LogP) is 3.18. The highest BCUT2D eigenvalue weighted by molar-refractivity contribution is 6.33. The second kappa shape index (κ2) is 5.04. The van der Waals surface area contributed by atoms with Crippen molar-refractivity contribution in [3.8, 4) is 11.4 Å². The molecule has 2 aromatic rings. The topological polar surface area (TPSA) is 64.9 Å². The monoisotopic (exact) mass is 269 g/mol. The zero-order valence-corrected chi connectivity index (χ0v) is 10.8. The Morgan fingerprint density at radius 3 is 2.78 bits per heavy atom. The van der Waals surface area contributed by atoms with Crippen molar-refractivity contribution in [1.29, 1.82) is 0 Å². The van der Waals surface area contributed by atoms with Gasteiger partial charge in [0.25, 0.3) is 0 Å². The van der Waals surface area contributed by atoms with Crippen molar-refractivity contribution in [1.82, 2.24) is 10.1 Å². The summed E-state index contributed by atoms with van der Waals surface area (Å²) >= 11 is 5.96. The molecule has 0 radical (unpaired) electrons. The molecule has 96 valence electrons. The summed E-state index contributed by atoms with van der Waals surface area (Å²) in [5, 5.41) is 4.14. The molecular weight excluding hydrogens is 257 g/mol. The maximum absolute atomic E-state index is 13.2. The van der Waals surface area contributed by atoms with Crippen molar-refractivity contribution >= 4 is 11.6 Å². The number of rotatable bonds is 3. The first-order valence-corrected chi connectivity index (χ1v) is 5.91. The van der Waals surface area contributed by atoms with Crippen LogP contribution in [-0.4, -0.2) is 10.1 Å². The molecule has 1 aromatic carbocycles. The van der Waals surface area contributed by atoms with Crippen molar-refractivity contribution < 1.29 is 8.91 Å². The van der Waals surface area contributed by atoms with Crippen LogP contribution in [0.3, 0.4) is 0 Å². The molecule has 0 aliphatic rings. The van der Waals surface area contributed by atoms with E-state index in [-0.39, 0.29) is 17.8 Å². The number of halogens is 2. The molecule has 4 nitrogen and oxygen atoms in total. The molecule has 2 rings (SSSR count). The summed E-state index contributed by atoms with van der Waals surface area (Å²) in [6.07, 6.45) is 0. The molecule has 0 aliphatic carbocycles. The first-order valence-electron chi connectivity index (χ1n) is 5.53. The molecule has 0 aliphatic heterocycles. The summed E-state index contributed by atoms with van der Waals surface area (Å²) < 4.78 is 18.2. The average molecular weight is 270 g/mol. The van der Waals surface area contributed by atoms with E-state index < -0.39 is 5.82 Å². The molecule has 6 heteroatoms. The van der Waals surface area contributed by atoms with E-state index in [1.807, 2.05) is 13.8 Å². The van der Waals surface area contributed by atoms with Gasteiger partial charge in [-0.05, 0) is 24.1 Å². The lowest BCUT2D eigenvalue weighted by Crippen LogP contribution is -2.16. The van der Waals surface area contributed by atoms with Crippen LogP contribution in [0.5, 0.6) is 0 Å². The Labute approximate surface area is 109 Å². The summed E-state index contributed by atoms with van der Waals surface area (Å²) in [7, 11) is 0. The van der Waals surface area contributed by atoms with Crippen LogP contribution >= 0.6 is 11.6 Å². The first-order chi connectivity index (χ1) is 8.49. The number of hydrogen-bond acceptors (Lipinski definition) is 4. The standard InChI is InChI=1S/C12H13ClFN3O/c1-6(2)10(15)12-16-11(17-18-12)8-5-7(14)3-4-9(8)13/h3-6,10H,15H2,1-2H3/t10-/m0/s1. The Kier molecular flexibility index (Phi) is 3.63. The molecule has 0 saturated carbocycles. The molecule has 1 heterocycles. The number of aromatic nitrogens is 2. The van der Waals surface area contributed by atoms with Crippen molar-refractivity contribution in [2.75, 3.05) is 0 Å². The maximum Gasteiger partial charge on any atom is 0.244 e.